The number of ketones is 1. The monoisotopic (exact) mass is 231 g/mol. The fraction of sp³-hybridized carbons (Fsp3) is 0.462. The van der Waals surface area contributed by atoms with Gasteiger partial charge in [-0.05, 0) is 26.3 Å². The number of nitrogens with zero attached hydrogens (tertiary/aromatic N) is 2. The predicted octanol–water partition coefficient (Wildman–Crippen LogP) is 2.68. The van der Waals surface area contributed by atoms with E-state index in [0.717, 1.165) is 19.4 Å². The first-order valence-corrected chi connectivity index (χ1v) is 5.76. The summed E-state index contributed by atoms with van der Waals surface area (Å²) in [5.41, 5.74) is 1.61. The fourth-order valence-electron chi connectivity index (χ4n) is 1.57. The highest BCUT2D eigenvalue weighted by atomic mass is 16.1. The molecule has 1 aromatic heterocycles. The summed E-state index contributed by atoms with van der Waals surface area (Å²) in [5.74, 6) is 0.509. The van der Waals surface area contributed by atoms with Gasteiger partial charge in [0.1, 0.15) is 11.9 Å². The number of aryl methyl sites for hydroxylation is 1. The second kappa shape index (κ2) is 6.00. The lowest BCUT2D eigenvalue weighted by atomic mass is 10.1. The number of Topliss-reactive ketones (excluding diaryl/α,β-unsaturated/α-hetero) is 1. The second-order valence-electron chi connectivity index (χ2n) is 3.97. The number of hydrogen-bond donors (Lipinski definition) is 1. The minimum atomic E-state index is -0.0633. The van der Waals surface area contributed by atoms with Gasteiger partial charge in [0.25, 0.3) is 0 Å². The van der Waals surface area contributed by atoms with Crippen LogP contribution in [0.2, 0.25) is 0 Å². The van der Waals surface area contributed by atoms with Gasteiger partial charge in [0.05, 0.1) is 11.3 Å². The highest BCUT2D eigenvalue weighted by Gasteiger charge is 2.11. The molecule has 1 heterocycles. The second-order valence-corrected chi connectivity index (χ2v) is 3.97. The average molecular weight is 231 g/mol. The molecule has 90 valence electrons. The number of carbonyl (C=O) groups excluding carboxylic acids is 1. The number of nitrogens with one attached hydrogen (secondary N) is 1. The van der Waals surface area contributed by atoms with E-state index in [1.165, 1.54) is 6.92 Å². The van der Waals surface area contributed by atoms with Gasteiger partial charge in [0.15, 0.2) is 5.78 Å². The molecule has 0 bridgehead atoms. The number of anilines is 1. The third-order valence-electron chi connectivity index (χ3n) is 2.54. The quantitative estimate of drug-likeness (QED) is 0.625. The zero-order chi connectivity index (χ0) is 12.8. The van der Waals surface area contributed by atoms with Crippen molar-refractivity contribution < 1.29 is 4.79 Å². The lowest BCUT2D eigenvalue weighted by molar-refractivity contribution is 0.101. The van der Waals surface area contributed by atoms with Crippen LogP contribution in [-0.2, 0) is 0 Å². The van der Waals surface area contributed by atoms with Crippen LogP contribution in [0.1, 0.15) is 48.3 Å². The van der Waals surface area contributed by atoms with Crippen molar-refractivity contribution in [2.24, 2.45) is 0 Å². The summed E-state index contributed by atoms with van der Waals surface area (Å²) in [7, 11) is 0. The van der Waals surface area contributed by atoms with E-state index in [0.29, 0.717) is 22.6 Å². The standard InChI is InChI=1S/C13H17N3O/c1-4-5-6-15-13-11(8-14)7-12(10(3)17)9(2)16-13/h7H,4-6H2,1-3H3,(H,15,16). The Balaban J connectivity index is 3.03. The van der Waals surface area contributed by atoms with Crippen LogP contribution in [0.15, 0.2) is 6.07 Å². The SMILES string of the molecule is CCCCNc1nc(C)c(C(C)=O)cc1C#N. The van der Waals surface area contributed by atoms with Gasteiger partial charge < -0.3 is 5.32 Å². The van der Waals surface area contributed by atoms with Gasteiger partial charge in [0.2, 0.25) is 0 Å². The van der Waals surface area contributed by atoms with Crippen molar-refractivity contribution in [3.63, 3.8) is 0 Å². The molecule has 0 unspecified atom stereocenters. The zero-order valence-electron chi connectivity index (χ0n) is 10.5. The molecule has 0 saturated carbocycles. The summed E-state index contributed by atoms with van der Waals surface area (Å²) in [6, 6.07) is 3.68. The van der Waals surface area contributed by atoms with E-state index in [9.17, 15) is 4.79 Å². The van der Waals surface area contributed by atoms with Gasteiger partial charge in [-0.3, -0.25) is 4.79 Å². The molecule has 0 amide bonds. The molecule has 4 heteroatoms. The van der Waals surface area contributed by atoms with Crippen molar-refractivity contribution in [2.75, 3.05) is 11.9 Å². The minimum Gasteiger partial charge on any atom is -0.369 e. The molecule has 0 aromatic carbocycles. The van der Waals surface area contributed by atoms with Crippen LogP contribution >= 0.6 is 0 Å². The van der Waals surface area contributed by atoms with Gasteiger partial charge in [-0.15, -0.1) is 0 Å². The van der Waals surface area contributed by atoms with Crippen LogP contribution < -0.4 is 5.32 Å². The van der Waals surface area contributed by atoms with Gasteiger partial charge in [-0.1, -0.05) is 13.3 Å². The molecule has 1 rings (SSSR count). The highest BCUT2D eigenvalue weighted by Crippen LogP contribution is 2.17. The molecular weight excluding hydrogens is 214 g/mol. The smallest absolute Gasteiger partial charge is 0.161 e. The van der Waals surface area contributed by atoms with Gasteiger partial charge in [-0.25, -0.2) is 4.98 Å². The Hall–Kier alpha value is -1.89. The molecule has 4 nitrogen and oxygen atoms in total. The maximum Gasteiger partial charge on any atom is 0.161 e. The minimum absolute atomic E-state index is 0.0633. The summed E-state index contributed by atoms with van der Waals surface area (Å²) in [6.07, 6.45) is 2.11. The van der Waals surface area contributed by atoms with Crippen LogP contribution in [0.3, 0.4) is 0 Å². The topological polar surface area (TPSA) is 65.8 Å². The summed E-state index contributed by atoms with van der Waals surface area (Å²) in [6.45, 7) is 6.15. The number of aromatic nitrogens is 1. The van der Waals surface area contributed by atoms with Gasteiger partial charge in [-0.2, -0.15) is 5.26 Å². The Morgan fingerprint density at radius 2 is 2.29 bits per heavy atom. The van der Waals surface area contributed by atoms with E-state index in [1.807, 2.05) is 0 Å². The largest absolute Gasteiger partial charge is 0.369 e. The van der Waals surface area contributed by atoms with Crippen LogP contribution in [0.4, 0.5) is 5.82 Å². The summed E-state index contributed by atoms with van der Waals surface area (Å²) >= 11 is 0. The first-order chi connectivity index (χ1) is 8.10. The Labute approximate surface area is 102 Å². The number of rotatable bonds is 5. The van der Waals surface area contributed by atoms with Gasteiger partial charge in [0, 0.05) is 12.1 Å². The Morgan fingerprint density at radius 3 is 2.82 bits per heavy atom. The number of unbranched alkanes of at least 4 members (excludes halogenated alkanes) is 1. The zero-order valence-corrected chi connectivity index (χ0v) is 10.5. The summed E-state index contributed by atoms with van der Waals surface area (Å²) < 4.78 is 0. The molecule has 0 aliphatic heterocycles. The van der Waals surface area contributed by atoms with Crippen LogP contribution in [-0.4, -0.2) is 17.3 Å². The normalized spacial score (nSPS) is 9.76. The first-order valence-electron chi connectivity index (χ1n) is 5.76. The molecule has 0 saturated heterocycles. The predicted molar refractivity (Wildman–Crippen MR) is 67.1 cm³/mol. The number of nitriles is 1. The number of pyridine rings is 1. The Kier molecular flexibility index (Phi) is 4.65. The molecule has 0 atom stereocenters. The molecule has 0 aliphatic rings. The van der Waals surface area contributed by atoms with E-state index >= 15 is 0 Å². The molecule has 0 spiro atoms. The number of carbonyl (C=O) groups is 1. The van der Waals surface area contributed by atoms with Crippen molar-refractivity contribution in [2.45, 2.75) is 33.6 Å². The summed E-state index contributed by atoms with van der Waals surface area (Å²) in [5, 5.41) is 12.2. The van der Waals surface area contributed by atoms with Crippen LogP contribution in [0, 0.1) is 18.3 Å². The third-order valence-corrected chi connectivity index (χ3v) is 2.54. The summed E-state index contributed by atoms with van der Waals surface area (Å²) in [4.78, 5) is 15.6. The van der Waals surface area contributed by atoms with E-state index in [-0.39, 0.29) is 5.78 Å². The number of hydrogen-bond acceptors (Lipinski definition) is 4. The van der Waals surface area contributed by atoms with Crippen molar-refractivity contribution >= 4 is 11.6 Å². The van der Waals surface area contributed by atoms with Crippen molar-refractivity contribution in [1.29, 1.82) is 5.26 Å². The fourth-order valence-corrected chi connectivity index (χ4v) is 1.57. The molecule has 1 N–H and O–H groups in total. The van der Waals surface area contributed by atoms with Crippen molar-refractivity contribution in [3.8, 4) is 6.07 Å². The molecule has 1 aromatic rings. The molecule has 0 aliphatic carbocycles. The van der Waals surface area contributed by atoms with Crippen LogP contribution in [0.25, 0.3) is 0 Å². The third kappa shape index (κ3) is 3.28. The van der Waals surface area contributed by atoms with E-state index in [2.05, 4.69) is 23.3 Å². The first kappa shape index (κ1) is 13.2. The molecule has 0 fully saturated rings. The van der Waals surface area contributed by atoms with E-state index in [4.69, 9.17) is 5.26 Å². The maximum absolute atomic E-state index is 11.3. The van der Waals surface area contributed by atoms with Crippen molar-refractivity contribution in [3.05, 3.63) is 22.9 Å². The van der Waals surface area contributed by atoms with Gasteiger partial charge >= 0.3 is 0 Å². The Morgan fingerprint density at radius 1 is 1.59 bits per heavy atom. The lowest BCUT2D eigenvalue weighted by Gasteiger charge is -2.09. The molecular formula is C13H17N3O. The Bertz CT molecular complexity index is 460. The van der Waals surface area contributed by atoms with Crippen molar-refractivity contribution in [1.82, 2.24) is 4.98 Å². The van der Waals surface area contributed by atoms with Crippen LogP contribution in [0.5, 0.6) is 0 Å². The maximum atomic E-state index is 11.3. The highest BCUT2D eigenvalue weighted by molar-refractivity contribution is 5.95. The molecule has 17 heavy (non-hydrogen) atoms. The average Bonchev–Trinajstić information content (AvgIpc) is 2.29. The lowest BCUT2D eigenvalue weighted by Crippen LogP contribution is -2.08. The van der Waals surface area contributed by atoms with E-state index in [1.54, 1.807) is 13.0 Å². The molecule has 0 radical (unpaired) electrons. The van der Waals surface area contributed by atoms with E-state index < -0.39 is 0 Å².